The van der Waals surface area contributed by atoms with Gasteiger partial charge in [-0.25, -0.2) is 4.98 Å². The minimum atomic E-state index is -0.329. The summed E-state index contributed by atoms with van der Waals surface area (Å²) in [6.07, 6.45) is 4.77. The van der Waals surface area contributed by atoms with Gasteiger partial charge in [0.15, 0.2) is 0 Å². The molecule has 0 aliphatic carbocycles. The van der Waals surface area contributed by atoms with Crippen molar-refractivity contribution < 1.29 is 14.3 Å². The highest BCUT2D eigenvalue weighted by Gasteiger charge is 2.15. The third kappa shape index (κ3) is 3.33. The number of hydrogen-bond donors (Lipinski definition) is 1. The van der Waals surface area contributed by atoms with E-state index in [1.807, 2.05) is 0 Å². The van der Waals surface area contributed by atoms with Gasteiger partial charge < -0.3 is 14.8 Å². The second kappa shape index (κ2) is 7.05. The summed E-state index contributed by atoms with van der Waals surface area (Å²) in [5.41, 5.74) is 1.47. The van der Waals surface area contributed by atoms with Crippen LogP contribution >= 0.6 is 11.3 Å². The number of amides is 1. The summed E-state index contributed by atoms with van der Waals surface area (Å²) in [7, 11) is 3.09. The van der Waals surface area contributed by atoms with Crippen LogP contribution in [0.3, 0.4) is 0 Å². The zero-order valence-corrected chi connectivity index (χ0v) is 13.8. The molecule has 0 bridgehead atoms. The van der Waals surface area contributed by atoms with Crippen LogP contribution in [-0.4, -0.2) is 35.1 Å². The van der Waals surface area contributed by atoms with E-state index >= 15 is 0 Å². The standard InChI is InChI=1S/C16H14N4O3S/c1-22-10-3-4-11(14(7-10)23-2)19-15(21)13-9-24-16(20-13)12-8-17-5-6-18-12/h3-9H,1-2H3,(H,19,21). The second-order valence-corrected chi connectivity index (χ2v) is 5.51. The van der Waals surface area contributed by atoms with E-state index in [0.29, 0.717) is 33.6 Å². The maximum atomic E-state index is 12.4. The zero-order valence-electron chi connectivity index (χ0n) is 13.0. The van der Waals surface area contributed by atoms with E-state index in [0.717, 1.165) is 0 Å². The van der Waals surface area contributed by atoms with Crippen LogP contribution in [-0.2, 0) is 0 Å². The lowest BCUT2D eigenvalue weighted by Gasteiger charge is -2.10. The van der Waals surface area contributed by atoms with E-state index in [1.165, 1.54) is 18.4 Å². The number of nitrogens with zero attached hydrogens (tertiary/aromatic N) is 3. The van der Waals surface area contributed by atoms with Crippen LogP contribution < -0.4 is 14.8 Å². The van der Waals surface area contributed by atoms with E-state index in [9.17, 15) is 4.79 Å². The molecular formula is C16H14N4O3S. The SMILES string of the molecule is COc1ccc(NC(=O)c2csc(-c3cnccn3)n2)c(OC)c1. The summed E-state index contributed by atoms with van der Waals surface area (Å²) < 4.78 is 10.4. The molecule has 7 nitrogen and oxygen atoms in total. The summed E-state index contributed by atoms with van der Waals surface area (Å²) in [4.78, 5) is 24.9. The highest BCUT2D eigenvalue weighted by atomic mass is 32.1. The lowest BCUT2D eigenvalue weighted by molar-refractivity contribution is 0.102. The van der Waals surface area contributed by atoms with Crippen LogP contribution in [0.15, 0.2) is 42.2 Å². The van der Waals surface area contributed by atoms with E-state index in [1.54, 1.807) is 49.3 Å². The lowest BCUT2D eigenvalue weighted by atomic mass is 10.2. The Labute approximate surface area is 142 Å². The van der Waals surface area contributed by atoms with E-state index < -0.39 is 0 Å². The number of hydrogen-bond acceptors (Lipinski definition) is 7. The Morgan fingerprint density at radius 1 is 1.21 bits per heavy atom. The predicted octanol–water partition coefficient (Wildman–Crippen LogP) is 2.87. The van der Waals surface area contributed by atoms with Crippen molar-refractivity contribution in [3.8, 4) is 22.2 Å². The molecule has 0 spiro atoms. The molecule has 1 aromatic carbocycles. The van der Waals surface area contributed by atoms with Gasteiger partial charge in [-0.2, -0.15) is 0 Å². The summed E-state index contributed by atoms with van der Waals surface area (Å²) in [6.45, 7) is 0. The number of carbonyl (C=O) groups excluding carboxylic acids is 1. The number of anilines is 1. The first-order chi connectivity index (χ1) is 11.7. The average Bonchev–Trinajstić information content (AvgIpc) is 3.13. The first kappa shape index (κ1) is 15.9. The highest BCUT2D eigenvalue weighted by Crippen LogP contribution is 2.29. The molecule has 8 heteroatoms. The molecule has 0 aliphatic heterocycles. The van der Waals surface area contributed by atoms with Gasteiger partial charge in [-0.1, -0.05) is 0 Å². The molecule has 0 aliphatic rings. The summed E-state index contributed by atoms with van der Waals surface area (Å²) in [5, 5.41) is 5.09. The Morgan fingerprint density at radius 3 is 2.79 bits per heavy atom. The molecule has 0 saturated carbocycles. The fraction of sp³-hybridized carbons (Fsp3) is 0.125. The molecule has 0 atom stereocenters. The third-order valence-electron chi connectivity index (χ3n) is 3.18. The second-order valence-electron chi connectivity index (χ2n) is 4.65. The minimum Gasteiger partial charge on any atom is -0.497 e. The van der Waals surface area contributed by atoms with Gasteiger partial charge >= 0.3 is 0 Å². The van der Waals surface area contributed by atoms with Crippen LogP contribution in [0.2, 0.25) is 0 Å². The van der Waals surface area contributed by atoms with Crippen LogP contribution in [0, 0.1) is 0 Å². The van der Waals surface area contributed by atoms with Crippen molar-refractivity contribution in [2.45, 2.75) is 0 Å². The van der Waals surface area contributed by atoms with Crippen molar-refractivity contribution in [2.75, 3.05) is 19.5 Å². The topological polar surface area (TPSA) is 86.2 Å². The van der Waals surface area contributed by atoms with E-state index in [-0.39, 0.29) is 5.91 Å². The first-order valence-electron chi connectivity index (χ1n) is 6.96. The van der Waals surface area contributed by atoms with Crippen molar-refractivity contribution in [1.29, 1.82) is 0 Å². The predicted molar refractivity (Wildman–Crippen MR) is 90.6 cm³/mol. The molecule has 3 aromatic rings. The molecule has 2 heterocycles. The summed E-state index contributed by atoms with van der Waals surface area (Å²) >= 11 is 1.33. The molecule has 3 rings (SSSR count). The molecule has 122 valence electrons. The monoisotopic (exact) mass is 342 g/mol. The van der Waals surface area contributed by atoms with Crippen molar-refractivity contribution in [3.05, 3.63) is 47.9 Å². The molecule has 0 fully saturated rings. The molecule has 0 unspecified atom stereocenters. The van der Waals surface area contributed by atoms with Gasteiger partial charge in [-0.15, -0.1) is 11.3 Å². The number of nitrogens with one attached hydrogen (secondary N) is 1. The molecule has 1 amide bonds. The molecular weight excluding hydrogens is 328 g/mol. The van der Waals surface area contributed by atoms with Gasteiger partial charge in [0.2, 0.25) is 0 Å². The summed E-state index contributed by atoms with van der Waals surface area (Å²) in [5.74, 6) is 0.820. The van der Waals surface area contributed by atoms with Gasteiger partial charge in [0, 0.05) is 23.8 Å². The van der Waals surface area contributed by atoms with Crippen molar-refractivity contribution >= 4 is 22.9 Å². The quantitative estimate of drug-likeness (QED) is 0.767. The number of carbonyl (C=O) groups is 1. The molecule has 1 N–H and O–H groups in total. The Bertz CT molecular complexity index is 852. The van der Waals surface area contributed by atoms with Crippen molar-refractivity contribution in [2.24, 2.45) is 0 Å². The molecule has 2 aromatic heterocycles. The van der Waals surface area contributed by atoms with Crippen LogP contribution in [0.1, 0.15) is 10.5 Å². The number of methoxy groups -OCH3 is 2. The maximum Gasteiger partial charge on any atom is 0.275 e. The highest BCUT2D eigenvalue weighted by molar-refractivity contribution is 7.13. The number of aromatic nitrogens is 3. The minimum absolute atomic E-state index is 0.304. The van der Waals surface area contributed by atoms with Crippen LogP contribution in [0.25, 0.3) is 10.7 Å². The fourth-order valence-corrected chi connectivity index (χ4v) is 2.75. The Morgan fingerprint density at radius 2 is 2.08 bits per heavy atom. The lowest BCUT2D eigenvalue weighted by Crippen LogP contribution is -2.13. The number of benzene rings is 1. The summed E-state index contributed by atoms with van der Waals surface area (Å²) in [6, 6.07) is 5.15. The molecule has 24 heavy (non-hydrogen) atoms. The van der Waals surface area contributed by atoms with Crippen molar-refractivity contribution in [1.82, 2.24) is 15.0 Å². The third-order valence-corrected chi connectivity index (χ3v) is 4.04. The smallest absolute Gasteiger partial charge is 0.275 e. The van der Waals surface area contributed by atoms with Gasteiger partial charge in [-0.3, -0.25) is 14.8 Å². The fourth-order valence-electron chi connectivity index (χ4n) is 1.99. The molecule has 0 saturated heterocycles. The number of thiazole rings is 1. The van der Waals surface area contributed by atoms with Crippen LogP contribution in [0.4, 0.5) is 5.69 Å². The van der Waals surface area contributed by atoms with Gasteiger partial charge in [0.05, 0.1) is 26.1 Å². The zero-order chi connectivity index (χ0) is 16.9. The molecule has 0 radical (unpaired) electrons. The van der Waals surface area contributed by atoms with Gasteiger partial charge in [0.1, 0.15) is 27.9 Å². The number of rotatable bonds is 5. The first-order valence-corrected chi connectivity index (χ1v) is 7.84. The Hall–Kier alpha value is -3.00. The normalized spacial score (nSPS) is 10.2. The Kier molecular flexibility index (Phi) is 4.66. The van der Waals surface area contributed by atoms with Crippen LogP contribution in [0.5, 0.6) is 11.5 Å². The van der Waals surface area contributed by atoms with Crippen molar-refractivity contribution in [3.63, 3.8) is 0 Å². The maximum absolute atomic E-state index is 12.4. The van der Waals surface area contributed by atoms with Gasteiger partial charge in [0.25, 0.3) is 5.91 Å². The number of ether oxygens (including phenoxy) is 2. The van der Waals surface area contributed by atoms with E-state index in [4.69, 9.17) is 9.47 Å². The van der Waals surface area contributed by atoms with Gasteiger partial charge in [-0.05, 0) is 12.1 Å². The largest absolute Gasteiger partial charge is 0.497 e. The Balaban J connectivity index is 1.80. The van der Waals surface area contributed by atoms with E-state index in [2.05, 4.69) is 20.3 Å². The average molecular weight is 342 g/mol.